The largest absolute Gasteiger partial charge is 0.360 e. The van der Waals surface area contributed by atoms with Gasteiger partial charge in [0.05, 0.1) is 10.2 Å². The van der Waals surface area contributed by atoms with Crippen molar-refractivity contribution in [3.8, 4) is 0 Å². The van der Waals surface area contributed by atoms with Crippen LogP contribution in [-0.4, -0.2) is 36.1 Å². The van der Waals surface area contributed by atoms with Crippen LogP contribution in [0.3, 0.4) is 0 Å². The third-order valence-electron chi connectivity index (χ3n) is 3.04. The maximum atomic E-state index is 5.98. The second-order valence-corrected chi connectivity index (χ2v) is 5.96. The predicted molar refractivity (Wildman–Crippen MR) is 85.5 cm³/mol. The van der Waals surface area contributed by atoms with Crippen molar-refractivity contribution < 1.29 is 0 Å². The molecule has 0 aliphatic heterocycles. The Balaban J connectivity index is 1.91. The second-order valence-electron chi connectivity index (χ2n) is 4.49. The number of hydrogen-bond acceptors (Lipinski definition) is 4. The molecule has 104 valence electrons. The highest BCUT2D eigenvalue weighted by Gasteiger charge is 2.05. The number of anilines is 1. The predicted octanol–water partition coefficient (Wildman–Crippen LogP) is 4.09. The minimum atomic E-state index is 0.766. The van der Waals surface area contributed by atoms with Crippen LogP contribution in [0.5, 0.6) is 0 Å². The summed E-state index contributed by atoms with van der Waals surface area (Å²) in [6.07, 6.45) is 1.20. The van der Waals surface area contributed by atoms with Gasteiger partial charge in [-0.25, -0.2) is 4.98 Å². The van der Waals surface area contributed by atoms with Gasteiger partial charge in [0.2, 0.25) is 0 Å². The molecule has 0 aliphatic rings. The first-order chi connectivity index (χ1) is 9.22. The number of rotatable bonds is 7. The van der Waals surface area contributed by atoms with Crippen molar-refractivity contribution in [1.82, 2.24) is 9.88 Å². The standard InChI is InChI=1S/C14H20ClN3S/c1-3-8-18(4-2)9-7-16-14-17-12-6-5-11(15)10-13(12)19-14/h5-6,10H,3-4,7-9H2,1-2H3,(H,16,17). The van der Waals surface area contributed by atoms with E-state index in [0.717, 1.165) is 46.5 Å². The Hall–Kier alpha value is -0.840. The summed E-state index contributed by atoms with van der Waals surface area (Å²) in [7, 11) is 0. The van der Waals surface area contributed by atoms with Crippen molar-refractivity contribution in [1.29, 1.82) is 0 Å². The van der Waals surface area contributed by atoms with Gasteiger partial charge < -0.3 is 10.2 Å². The van der Waals surface area contributed by atoms with Crippen LogP contribution in [0, 0.1) is 0 Å². The molecule has 3 nitrogen and oxygen atoms in total. The molecule has 0 saturated carbocycles. The fourth-order valence-corrected chi connectivity index (χ4v) is 3.21. The van der Waals surface area contributed by atoms with E-state index in [-0.39, 0.29) is 0 Å². The number of benzene rings is 1. The van der Waals surface area contributed by atoms with Gasteiger partial charge in [0.1, 0.15) is 0 Å². The highest BCUT2D eigenvalue weighted by atomic mass is 35.5. The van der Waals surface area contributed by atoms with Gasteiger partial charge in [0, 0.05) is 18.1 Å². The van der Waals surface area contributed by atoms with Crippen molar-refractivity contribution in [2.24, 2.45) is 0 Å². The number of nitrogens with one attached hydrogen (secondary N) is 1. The molecule has 0 aliphatic carbocycles. The molecule has 0 bridgehead atoms. The van der Waals surface area contributed by atoms with Crippen LogP contribution in [0.2, 0.25) is 5.02 Å². The average Bonchev–Trinajstić information content (AvgIpc) is 2.79. The summed E-state index contributed by atoms with van der Waals surface area (Å²) in [6.45, 7) is 8.67. The molecule has 1 aromatic carbocycles. The van der Waals surface area contributed by atoms with Gasteiger partial charge in [-0.05, 0) is 37.7 Å². The summed E-state index contributed by atoms with van der Waals surface area (Å²) in [5.41, 5.74) is 1.01. The quantitative estimate of drug-likeness (QED) is 0.834. The van der Waals surface area contributed by atoms with Crippen LogP contribution >= 0.6 is 22.9 Å². The van der Waals surface area contributed by atoms with Gasteiger partial charge in [-0.15, -0.1) is 0 Å². The molecule has 0 amide bonds. The molecule has 0 fully saturated rings. The van der Waals surface area contributed by atoms with Crippen LogP contribution in [0.1, 0.15) is 20.3 Å². The Morgan fingerprint density at radius 1 is 1.32 bits per heavy atom. The first-order valence-corrected chi connectivity index (χ1v) is 7.94. The minimum absolute atomic E-state index is 0.766. The van der Waals surface area contributed by atoms with Gasteiger partial charge in [0.15, 0.2) is 5.13 Å². The Kier molecular flexibility index (Phi) is 5.43. The van der Waals surface area contributed by atoms with Crippen LogP contribution in [0.15, 0.2) is 18.2 Å². The molecule has 2 rings (SSSR count). The molecule has 19 heavy (non-hydrogen) atoms. The Bertz CT molecular complexity index is 526. The number of hydrogen-bond donors (Lipinski definition) is 1. The number of aromatic nitrogens is 1. The van der Waals surface area contributed by atoms with Gasteiger partial charge in [-0.2, -0.15) is 0 Å². The molecule has 0 spiro atoms. The lowest BCUT2D eigenvalue weighted by molar-refractivity contribution is 0.300. The SMILES string of the molecule is CCCN(CC)CCNc1nc2ccc(Cl)cc2s1. The zero-order chi connectivity index (χ0) is 13.7. The second kappa shape index (κ2) is 7.08. The highest BCUT2D eigenvalue weighted by molar-refractivity contribution is 7.22. The first kappa shape index (κ1) is 14.6. The van der Waals surface area contributed by atoms with E-state index in [2.05, 4.69) is 29.0 Å². The maximum absolute atomic E-state index is 5.98. The van der Waals surface area contributed by atoms with Crippen LogP contribution < -0.4 is 5.32 Å². The molecule has 0 unspecified atom stereocenters. The smallest absolute Gasteiger partial charge is 0.183 e. The van der Waals surface area contributed by atoms with E-state index >= 15 is 0 Å². The molecule has 0 saturated heterocycles. The topological polar surface area (TPSA) is 28.2 Å². The summed E-state index contributed by atoms with van der Waals surface area (Å²) in [6, 6.07) is 5.82. The number of halogens is 1. The normalized spacial score (nSPS) is 11.4. The fraction of sp³-hybridized carbons (Fsp3) is 0.500. The van der Waals surface area contributed by atoms with Crippen molar-refractivity contribution >= 4 is 38.3 Å². The Morgan fingerprint density at radius 2 is 2.16 bits per heavy atom. The summed E-state index contributed by atoms with van der Waals surface area (Å²) in [4.78, 5) is 6.99. The summed E-state index contributed by atoms with van der Waals surface area (Å²) < 4.78 is 1.14. The maximum Gasteiger partial charge on any atom is 0.183 e. The van der Waals surface area contributed by atoms with Crippen molar-refractivity contribution in [2.75, 3.05) is 31.5 Å². The van der Waals surface area contributed by atoms with E-state index in [1.807, 2.05) is 18.2 Å². The molecule has 1 heterocycles. The summed E-state index contributed by atoms with van der Waals surface area (Å²) in [5.74, 6) is 0. The minimum Gasteiger partial charge on any atom is -0.360 e. The van der Waals surface area contributed by atoms with Gasteiger partial charge in [-0.1, -0.05) is 36.8 Å². The van der Waals surface area contributed by atoms with Gasteiger partial charge in [-0.3, -0.25) is 0 Å². The molecule has 0 radical (unpaired) electrons. The van der Waals surface area contributed by atoms with E-state index < -0.39 is 0 Å². The number of fused-ring (bicyclic) bond motifs is 1. The van der Waals surface area contributed by atoms with Gasteiger partial charge >= 0.3 is 0 Å². The number of nitrogens with zero attached hydrogens (tertiary/aromatic N) is 2. The van der Waals surface area contributed by atoms with E-state index in [4.69, 9.17) is 11.6 Å². The van der Waals surface area contributed by atoms with Crippen LogP contribution in [0.25, 0.3) is 10.2 Å². The van der Waals surface area contributed by atoms with Crippen molar-refractivity contribution in [3.63, 3.8) is 0 Å². The monoisotopic (exact) mass is 297 g/mol. The lowest BCUT2D eigenvalue weighted by Crippen LogP contribution is -2.29. The number of likely N-dealkylation sites (N-methyl/N-ethyl adjacent to an activating group) is 1. The molecule has 1 aromatic heterocycles. The fourth-order valence-electron chi connectivity index (χ4n) is 2.04. The lowest BCUT2D eigenvalue weighted by Gasteiger charge is -2.19. The first-order valence-electron chi connectivity index (χ1n) is 6.75. The Labute approximate surface area is 123 Å². The molecule has 1 N–H and O–H groups in total. The van der Waals surface area contributed by atoms with Crippen LogP contribution in [0.4, 0.5) is 5.13 Å². The zero-order valence-corrected chi connectivity index (χ0v) is 13.0. The molecule has 2 aromatic rings. The molecule has 0 atom stereocenters. The summed E-state index contributed by atoms with van der Waals surface area (Å²) in [5, 5.41) is 5.14. The zero-order valence-electron chi connectivity index (χ0n) is 11.4. The van der Waals surface area contributed by atoms with E-state index in [1.165, 1.54) is 6.42 Å². The van der Waals surface area contributed by atoms with Crippen LogP contribution in [-0.2, 0) is 0 Å². The Morgan fingerprint density at radius 3 is 2.89 bits per heavy atom. The van der Waals surface area contributed by atoms with E-state index in [9.17, 15) is 0 Å². The van der Waals surface area contributed by atoms with E-state index in [1.54, 1.807) is 11.3 Å². The van der Waals surface area contributed by atoms with E-state index in [0.29, 0.717) is 0 Å². The van der Waals surface area contributed by atoms with Crippen molar-refractivity contribution in [2.45, 2.75) is 20.3 Å². The third-order valence-corrected chi connectivity index (χ3v) is 4.25. The molecular formula is C14H20ClN3S. The third kappa shape index (κ3) is 4.06. The molecular weight excluding hydrogens is 278 g/mol. The highest BCUT2D eigenvalue weighted by Crippen LogP contribution is 2.28. The number of thiazole rings is 1. The van der Waals surface area contributed by atoms with Crippen molar-refractivity contribution in [3.05, 3.63) is 23.2 Å². The average molecular weight is 298 g/mol. The summed E-state index contributed by atoms with van der Waals surface area (Å²) >= 11 is 7.64. The lowest BCUT2D eigenvalue weighted by atomic mass is 10.3. The van der Waals surface area contributed by atoms with Gasteiger partial charge in [0.25, 0.3) is 0 Å². The molecule has 5 heteroatoms.